The SMILES string of the molecule is COc1ccccc1CNC(=O)[C@@H](C)N1C(=O)COc2ccc(C)cc21. The Hall–Kier alpha value is -3.02. The van der Waals surface area contributed by atoms with Crippen LogP contribution < -0.4 is 19.7 Å². The maximum Gasteiger partial charge on any atom is 0.265 e. The standard InChI is InChI=1S/C20H22N2O4/c1-13-8-9-18-16(10-13)22(19(23)12-26-18)14(2)20(24)21-11-15-6-4-5-7-17(15)25-3/h4-10,14H,11-12H2,1-3H3,(H,21,24)/t14-/m1/s1. The van der Waals surface area contributed by atoms with Crippen LogP contribution in [0.2, 0.25) is 0 Å². The molecule has 0 aliphatic carbocycles. The van der Waals surface area contributed by atoms with Crippen LogP contribution in [0.3, 0.4) is 0 Å². The molecule has 0 saturated heterocycles. The second kappa shape index (κ2) is 7.47. The van der Waals surface area contributed by atoms with Crippen molar-refractivity contribution in [3.8, 4) is 11.5 Å². The summed E-state index contributed by atoms with van der Waals surface area (Å²) in [4.78, 5) is 26.6. The number of ether oxygens (including phenoxy) is 2. The first-order chi connectivity index (χ1) is 12.5. The lowest BCUT2D eigenvalue weighted by molar-refractivity contribution is -0.127. The minimum absolute atomic E-state index is 0.0693. The number of hydrogen-bond acceptors (Lipinski definition) is 4. The van der Waals surface area contributed by atoms with Crippen LogP contribution in [0, 0.1) is 6.92 Å². The summed E-state index contributed by atoms with van der Waals surface area (Å²) in [6.45, 7) is 3.91. The number of hydrogen-bond donors (Lipinski definition) is 1. The molecule has 6 nitrogen and oxygen atoms in total. The second-order valence-electron chi connectivity index (χ2n) is 6.23. The maximum atomic E-state index is 12.7. The van der Waals surface area contributed by atoms with Crippen LogP contribution in [0.4, 0.5) is 5.69 Å². The number of anilines is 1. The zero-order valence-corrected chi connectivity index (χ0v) is 15.1. The number of carbonyl (C=O) groups is 2. The van der Waals surface area contributed by atoms with Crippen molar-refractivity contribution in [3.63, 3.8) is 0 Å². The third-order valence-electron chi connectivity index (χ3n) is 4.41. The Morgan fingerprint density at radius 1 is 1.31 bits per heavy atom. The Bertz CT molecular complexity index is 834. The number of fused-ring (bicyclic) bond motifs is 1. The number of para-hydroxylation sites is 1. The third kappa shape index (κ3) is 3.49. The molecular formula is C20H22N2O4. The van der Waals surface area contributed by atoms with E-state index >= 15 is 0 Å². The van der Waals surface area contributed by atoms with Crippen molar-refractivity contribution < 1.29 is 19.1 Å². The topological polar surface area (TPSA) is 67.9 Å². The lowest BCUT2D eigenvalue weighted by Crippen LogP contribution is -2.51. The first-order valence-electron chi connectivity index (χ1n) is 8.46. The lowest BCUT2D eigenvalue weighted by Gasteiger charge is -2.33. The molecule has 0 aromatic heterocycles. The second-order valence-corrected chi connectivity index (χ2v) is 6.23. The van der Waals surface area contributed by atoms with Gasteiger partial charge in [0.05, 0.1) is 12.8 Å². The number of benzene rings is 2. The summed E-state index contributed by atoms with van der Waals surface area (Å²) in [6, 6.07) is 12.4. The monoisotopic (exact) mass is 354 g/mol. The quantitative estimate of drug-likeness (QED) is 0.895. The molecule has 26 heavy (non-hydrogen) atoms. The van der Waals surface area contributed by atoms with Gasteiger partial charge in [-0.2, -0.15) is 0 Å². The van der Waals surface area contributed by atoms with Gasteiger partial charge in [0.25, 0.3) is 5.91 Å². The molecule has 2 aromatic rings. The first-order valence-corrected chi connectivity index (χ1v) is 8.46. The number of aryl methyl sites for hydroxylation is 1. The number of methoxy groups -OCH3 is 1. The Morgan fingerprint density at radius 3 is 2.85 bits per heavy atom. The van der Waals surface area contributed by atoms with E-state index < -0.39 is 6.04 Å². The fourth-order valence-corrected chi connectivity index (χ4v) is 3.00. The smallest absolute Gasteiger partial charge is 0.265 e. The molecule has 0 spiro atoms. The predicted octanol–water partition coefficient (Wildman–Crippen LogP) is 2.43. The number of amides is 2. The fourth-order valence-electron chi connectivity index (χ4n) is 3.00. The van der Waals surface area contributed by atoms with Gasteiger partial charge in [-0.05, 0) is 37.6 Å². The fraction of sp³-hybridized carbons (Fsp3) is 0.300. The van der Waals surface area contributed by atoms with E-state index in [2.05, 4.69) is 5.32 Å². The molecule has 6 heteroatoms. The van der Waals surface area contributed by atoms with E-state index in [1.54, 1.807) is 14.0 Å². The van der Waals surface area contributed by atoms with E-state index in [1.165, 1.54) is 4.90 Å². The Kier molecular flexibility index (Phi) is 5.11. The van der Waals surface area contributed by atoms with Gasteiger partial charge in [0.1, 0.15) is 17.5 Å². The van der Waals surface area contributed by atoms with Crippen molar-refractivity contribution in [2.75, 3.05) is 18.6 Å². The third-order valence-corrected chi connectivity index (χ3v) is 4.41. The summed E-state index contributed by atoms with van der Waals surface area (Å²) in [5, 5.41) is 2.88. The molecule has 1 atom stereocenters. The van der Waals surface area contributed by atoms with E-state index in [-0.39, 0.29) is 18.4 Å². The summed E-state index contributed by atoms with van der Waals surface area (Å²) < 4.78 is 10.8. The van der Waals surface area contributed by atoms with Crippen molar-refractivity contribution in [2.45, 2.75) is 26.4 Å². The maximum absolute atomic E-state index is 12.7. The molecule has 136 valence electrons. The summed E-state index contributed by atoms with van der Waals surface area (Å²) >= 11 is 0. The highest BCUT2D eigenvalue weighted by Gasteiger charge is 2.33. The number of carbonyl (C=O) groups excluding carboxylic acids is 2. The van der Waals surface area contributed by atoms with E-state index in [1.807, 2.05) is 49.4 Å². The Labute approximate surface area is 152 Å². The summed E-state index contributed by atoms with van der Waals surface area (Å²) in [7, 11) is 1.59. The van der Waals surface area contributed by atoms with Crippen molar-refractivity contribution >= 4 is 17.5 Å². The van der Waals surface area contributed by atoms with Gasteiger partial charge in [-0.3, -0.25) is 14.5 Å². The van der Waals surface area contributed by atoms with Crippen LogP contribution in [-0.4, -0.2) is 31.6 Å². The number of nitrogens with zero attached hydrogens (tertiary/aromatic N) is 1. The lowest BCUT2D eigenvalue weighted by atomic mass is 10.1. The molecule has 0 bridgehead atoms. The van der Waals surface area contributed by atoms with Gasteiger partial charge in [-0.15, -0.1) is 0 Å². The number of rotatable bonds is 5. The van der Waals surface area contributed by atoms with Crippen molar-refractivity contribution in [3.05, 3.63) is 53.6 Å². The molecule has 0 unspecified atom stereocenters. The molecule has 1 heterocycles. The molecule has 0 radical (unpaired) electrons. The number of nitrogens with one attached hydrogen (secondary N) is 1. The Balaban J connectivity index is 1.76. The summed E-state index contributed by atoms with van der Waals surface area (Å²) in [6.07, 6.45) is 0. The largest absolute Gasteiger partial charge is 0.496 e. The summed E-state index contributed by atoms with van der Waals surface area (Å²) in [5.41, 5.74) is 2.50. The minimum atomic E-state index is -0.651. The molecular weight excluding hydrogens is 332 g/mol. The van der Waals surface area contributed by atoms with E-state index in [0.29, 0.717) is 23.7 Å². The minimum Gasteiger partial charge on any atom is -0.496 e. The van der Waals surface area contributed by atoms with Gasteiger partial charge in [0.15, 0.2) is 6.61 Å². The molecule has 0 saturated carbocycles. The van der Waals surface area contributed by atoms with Crippen LogP contribution in [-0.2, 0) is 16.1 Å². The summed E-state index contributed by atoms with van der Waals surface area (Å²) in [5.74, 6) is 0.852. The van der Waals surface area contributed by atoms with E-state index in [0.717, 1.165) is 11.1 Å². The molecule has 0 fully saturated rings. The van der Waals surface area contributed by atoms with Gasteiger partial charge in [-0.1, -0.05) is 24.3 Å². The molecule has 3 rings (SSSR count). The van der Waals surface area contributed by atoms with Crippen LogP contribution in [0.15, 0.2) is 42.5 Å². The average molecular weight is 354 g/mol. The van der Waals surface area contributed by atoms with Crippen LogP contribution in [0.5, 0.6) is 11.5 Å². The van der Waals surface area contributed by atoms with E-state index in [9.17, 15) is 9.59 Å². The van der Waals surface area contributed by atoms with Gasteiger partial charge < -0.3 is 14.8 Å². The van der Waals surface area contributed by atoms with Gasteiger partial charge in [0, 0.05) is 12.1 Å². The van der Waals surface area contributed by atoms with Crippen molar-refractivity contribution in [1.29, 1.82) is 0 Å². The highest BCUT2D eigenvalue weighted by molar-refractivity contribution is 6.03. The zero-order chi connectivity index (χ0) is 18.7. The van der Waals surface area contributed by atoms with Gasteiger partial charge in [0.2, 0.25) is 5.91 Å². The average Bonchev–Trinajstić information content (AvgIpc) is 2.65. The van der Waals surface area contributed by atoms with Crippen molar-refractivity contribution in [2.24, 2.45) is 0 Å². The molecule has 1 aliphatic heterocycles. The molecule has 1 aliphatic rings. The van der Waals surface area contributed by atoms with Crippen LogP contribution in [0.25, 0.3) is 0 Å². The Morgan fingerprint density at radius 2 is 2.08 bits per heavy atom. The van der Waals surface area contributed by atoms with Crippen LogP contribution in [0.1, 0.15) is 18.1 Å². The highest BCUT2D eigenvalue weighted by Crippen LogP contribution is 2.34. The van der Waals surface area contributed by atoms with Gasteiger partial charge in [-0.25, -0.2) is 0 Å². The molecule has 2 amide bonds. The van der Waals surface area contributed by atoms with Crippen LogP contribution >= 0.6 is 0 Å². The van der Waals surface area contributed by atoms with Crippen molar-refractivity contribution in [1.82, 2.24) is 5.32 Å². The normalized spacial score (nSPS) is 14.3. The van der Waals surface area contributed by atoms with Gasteiger partial charge >= 0.3 is 0 Å². The molecule has 2 aromatic carbocycles. The predicted molar refractivity (Wildman–Crippen MR) is 98.5 cm³/mol. The highest BCUT2D eigenvalue weighted by atomic mass is 16.5. The zero-order valence-electron chi connectivity index (χ0n) is 15.1. The van der Waals surface area contributed by atoms with E-state index in [4.69, 9.17) is 9.47 Å². The molecule has 1 N–H and O–H groups in total. The first kappa shape index (κ1) is 17.8.